The van der Waals surface area contributed by atoms with E-state index in [0.29, 0.717) is 19.8 Å². The summed E-state index contributed by atoms with van der Waals surface area (Å²) in [7, 11) is 1.32. The van der Waals surface area contributed by atoms with Crippen LogP contribution in [0.3, 0.4) is 0 Å². The van der Waals surface area contributed by atoms with Gasteiger partial charge in [-0.15, -0.1) is 0 Å². The Morgan fingerprint density at radius 1 is 1.52 bits per heavy atom. The fourth-order valence-corrected chi connectivity index (χ4v) is 2.14. The van der Waals surface area contributed by atoms with Crippen LogP contribution in [0.4, 0.5) is 15.8 Å². The Morgan fingerprint density at radius 3 is 2.95 bits per heavy atom. The highest BCUT2D eigenvalue weighted by Gasteiger charge is 2.18. The van der Waals surface area contributed by atoms with E-state index in [0.717, 1.165) is 18.9 Å². The quantitative estimate of drug-likeness (QED) is 0.496. The Hall–Kier alpha value is -2.15. The molecule has 1 heterocycles. The predicted molar refractivity (Wildman–Crippen MR) is 76.2 cm³/mol. The molecule has 2 rings (SSSR count). The van der Waals surface area contributed by atoms with Gasteiger partial charge in [0.25, 0.3) is 5.69 Å². The average Bonchev–Trinajstić information content (AvgIpc) is 2.49. The summed E-state index contributed by atoms with van der Waals surface area (Å²) in [6.07, 6.45) is 3.65. The number of anilines is 1. The van der Waals surface area contributed by atoms with Crippen LogP contribution in [0.25, 0.3) is 0 Å². The molecule has 1 N–H and O–H groups in total. The van der Waals surface area contributed by atoms with Crippen molar-refractivity contribution < 1.29 is 18.8 Å². The van der Waals surface area contributed by atoms with Crippen molar-refractivity contribution in [1.29, 1.82) is 0 Å². The number of nitro groups is 1. The normalized spacial score (nSPS) is 14.5. The molecular weight excluding hydrogens is 279 g/mol. The molecule has 6 nitrogen and oxygen atoms in total. The summed E-state index contributed by atoms with van der Waals surface area (Å²) in [5, 5.41) is 13.9. The molecule has 1 aromatic rings. The van der Waals surface area contributed by atoms with Crippen LogP contribution in [0, 0.1) is 15.9 Å². The third-order valence-electron chi connectivity index (χ3n) is 3.29. The number of ether oxygens (including phenoxy) is 2. The number of nitro benzene ring substituents is 1. The Kier molecular flexibility index (Phi) is 5.10. The minimum absolute atomic E-state index is 0.0200. The second-order valence-corrected chi connectivity index (χ2v) is 4.63. The number of halogens is 1. The van der Waals surface area contributed by atoms with Crippen molar-refractivity contribution in [3.05, 3.63) is 39.7 Å². The number of hydrogen-bond donors (Lipinski definition) is 1. The highest BCUT2D eigenvalue weighted by atomic mass is 19.1. The van der Waals surface area contributed by atoms with Crippen LogP contribution in [0.5, 0.6) is 5.75 Å². The first kappa shape index (κ1) is 15.2. The second kappa shape index (κ2) is 7.03. The van der Waals surface area contributed by atoms with E-state index in [-0.39, 0.29) is 17.1 Å². The second-order valence-electron chi connectivity index (χ2n) is 4.63. The molecule has 0 aromatic heterocycles. The number of nitrogens with one attached hydrogen (secondary N) is 1. The molecule has 1 aliphatic heterocycles. The standard InChI is InChI=1S/C14H17FN2O4/c1-20-14-9-12(13(17(18)19)8-11(14)15)16-5-2-10-3-6-21-7-4-10/h3,8-9,16H,2,4-7H2,1H3. The summed E-state index contributed by atoms with van der Waals surface area (Å²) in [6.45, 7) is 1.84. The van der Waals surface area contributed by atoms with Gasteiger partial charge in [0.1, 0.15) is 5.69 Å². The smallest absolute Gasteiger partial charge is 0.295 e. The fraction of sp³-hybridized carbons (Fsp3) is 0.429. The van der Waals surface area contributed by atoms with Crippen LogP contribution < -0.4 is 10.1 Å². The molecule has 0 saturated heterocycles. The van der Waals surface area contributed by atoms with Crippen molar-refractivity contribution in [3.8, 4) is 5.75 Å². The number of hydrogen-bond acceptors (Lipinski definition) is 5. The van der Waals surface area contributed by atoms with Gasteiger partial charge in [0, 0.05) is 12.6 Å². The number of rotatable bonds is 6. The molecule has 0 bridgehead atoms. The van der Waals surface area contributed by atoms with E-state index in [9.17, 15) is 14.5 Å². The molecule has 0 amide bonds. The van der Waals surface area contributed by atoms with Crippen molar-refractivity contribution in [2.45, 2.75) is 12.8 Å². The van der Waals surface area contributed by atoms with Gasteiger partial charge in [0.05, 0.1) is 31.3 Å². The largest absolute Gasteiger partial charge is 0.494 e. The predicted octanol–water partition coefficient (Wildman–Crippen LogP) is 2.89. The Balaban J connectivity index is 2.07. The van der Waals surface area contributed by atoms with E-state index in [1.807, 2.05) is 6.08 Å². The molecule has 0 fully saturated rings. The van der Waals surface area contributed by atoms with E-state index < -0.39 is 10.7 Å². The Morgan fingerprint density at radius 2 is 2.33 bits per heavy atom. The maximum Gasteiger partial charge on any atom is 0.295 e. The zero-order valence-corrected chi connectivity index (χ0v) is 11.7. The van der Waals surface area contributed by atoms with Gasteiger partial charge in [-0.3, -0.25) is 10.1 Å². The highest BCUT2D eigenvalue weighted by molar-refractivity contribution is 5.64. The van der Waals surface area contributed by atoms with E-state index in [2.05, 4.69) is 5.32 Å². The van der Waals surface area contributed by atoms with E-state index in [1.54, 1.807) is 0 Å². The van der Waals surface area contributed by atoms with E-state index in [1.165, 1.54) is 18.7 Å². The lowest BCUT2D eigenvalue weighted by Crippen LogP contribution is -2.10. The number of nitrogens with zero attached hydrogens (tertiary/aromatic N) is 1. The summed E-state index contributed by atoms with van der Waals surface area (Å²) in [5.41, 5.74) is 1.21. The summed E-state index contributed by atoms with van der Waals surface area (Å²) >= 11 is 0. The zero-order chi connectivity index (χ0) is 15.2. The molecule has 114 valence electrons. The molecule has 0 saturated carbocycles. The lowest BCUT2D eigenvalue weighted by Gasteiger charge is -2.14. The van der Waals surface area contributed by atoms with Crippen LogP contribution >= 0.6 is 0 Å². The van der Waals surface area contributed by atoms with Crippen molar-refractivity contribution in [1.82, 2.24) is 0 Å². The molecule has 1 aromatic carbocycles. The van der Waals surface area contributed by atoms with E-state index in [4.69, 9.17) is 9.47 Å². The third-order valence-corrected chi connectivity index (χ3v) is 3.29. The van der Waals surface area contributed by atoms with Gasteiger partial charge in [-0.05, 0) is 12.8 Å². The topological polar surface area (TPSA) is 73.6 Å². The molecule has 0 atom stereocenters. The van der Waals surface area contributed by atoms with Crippen LogP contribution in [0.1, 0.15) is 12.8 Å². The van der Waals surface area contributed by atoms with Gasteiger partial charge in [0.15, 0.2) is 11.6 Å². The molecular formula is C14H17FN2O4. The zero-order valence-electron chi connectivity index (χ0n) is 11.7. The lowest BCUT2D eigenvalue weighted by molar-refractivity contribution is -0.384. The van der Waals surface area contributed by atoms with Crippen LogP contribution in [-0.4, -0.2) is 31.8 Å². The van der Waals surface area contributed by atoms with Crippen LogP contribution in [-0.2, 0) is 4.74 Å². The third kappa shape index (κ3) is 3.91. The van der Waals surface area contributed by atoms with Gasteiger partial charge >= 0.3 is 0 Å². The lowest BCUT2D eigenvalue weighted by atomic mass is 10.1. The van der Waals surface area contributed by atoms with Gasteiger partial charge in [-0.2, -0.15) is 0 Å². The Labute approximate surface area is 121 Å². The Bertz CT molecular complexity index is 560. The SMILES string of the molecule is COc1cc(NCCC2=CCOCC2)c([N+](=O)[O-])cc1F. The molecule has 1 aliphatic rings. The van der Waals surface area contributed by atoms with E-state index >= 15 is 0 Å². The first-order chi connectivity index (χ1) is 10.1. The number of methoxy groups -OCH3 is 1. The van der Waals surface area contributed by atoms with Crippen LogP contribution in [0.2, 0.25) is 0 Å². The van der Waals surface area contributed by atoms with Crippen molar-refractivity contribution in [2.24, 2.45) is 0 Å². The van der Waals surface area contributed by atoms with Crippen molar-refractivity contribution >= 4 is 11.4 Å². The summed E-state index contributed by atoms with van der Waals surface area (Å²) < 4.78 is 23.6. The maximum absolute atomic E-state index is 13.5. The first-order valence-electron chi connectivity index (χ1n) is 6.63. The minimum Gasteiger partial charge on any atom is -0.494 e. The first-order valence-corrected chi connectivity index (χ1v) is 6.63. The molecule has 0 aliphatic carbocycles. The molecule has 7 heteroatoms. The molecule has 0 unspecified atom stereocenters. The molecule has 0 spiro atoms. The summed E-state index contributed by atoms with van der Waals surface area (Å²) in [6, 6.07) is 2.18. The average molecular weight is 296 g/mol. The minimum atomic E-state index is -0.748. The summed E-state index contributed by atoms with van der Waals surface area (Å²) in [4.78, 5) is 10.4. The summed E-state index contributed by atoms with van der Waals surface area (Å²) in [5.74, 6) is -0.768. The highest BCUT2D eigenvalue weighted by Crippen LogP contribution is 2.31. The van der Waals surface area contributed by atoms with Crippen molar-refractivity contribution in [3.63, 3.8) is 0 Å². The molecule has 0 radical (unpaired) electrons. The fourth-order valence-electron chi connectivity index (χ4n) is 2.14. The van der Waals surface area contributed by atoms with Gasteiger partial charge in [-0.1, -0.05) is 11.6 Å². The molecule has 21 heavy (non-hydrogen) atoms. The van der Waals surface area contributed by atoms with Crippen LogP contribution in [0.15, 0.2) is 23.8 Å². The maximum atomic E-state index is 13.5. The van der Waals surface area contributed by atoms with Crippen molar-refractivity contribution in [2.75, 3.05) is 32.2 Å². The monoisotopic (exact) mass is 296 g/mol. The number of benzene rings is 1. The van der Waals surface area contributed by atoms with Gasteiger partial charge in [0.2, 0.25) is 0 Å². The van der Waals surface area contributed by atoms with Gasteiger partial charge < -0.3 is 14.8 Å². The van der Waals surface area contributed by atoms with Gasteiger partial charge in [-0.25, -0.2) is 4.39 Å².